The summed E-state index contributed by atoms with van der Waals surface area (Å²) >= 11 is 0. The summed E-state index contributed by atoms with van der Waals surface area (Å²) in [6.07, 6.45) is 0. The SMILES string of the molecule is O=c1c2cc3c(=O)n(CO[N+](=O)[O-])c(=O)c3cc2c(=O)n1CCO. The summed E-state index contributed by atoms with van der Waals surface area (Å²) < 4.78 is 1.31. The molecule has 0 saturated carbocycles. The molecule has 11 nitrogen and oxygen atoms in total. The lowest BCUT2D eigenvalue weighted by Crippen LogP contribution is -2.28. The van der Waals surface area contributed by atoms with Crippen molar-refractivity contribution in [1.29, 1.82) is 0 Å². The molecule has 24 heavy (non-hydrogen) atoms. The summed E-state index contributed by atoms with van der Waals surface area (Å²) in [6.45, 7) is -1.51. The number of fused-ring (bicyclic) bond motifs is 2. The molecular weight excluding hydrogens is 326 g/mol. The van der Waals surface area contributed by atoms with Gasteiger partial charge in [0.15, 0.2) is 6.73 Å². The van der Waals surface area contributed by atoms with Gasteiger partial charge in [0.25, 0.3) is 27.3 Å². The molecule has 0 fully saturated rings. The number of aliphatic hydroxyl groups is 1. The topological polar surface area (TPSA) is 151 Å². The third-order valence-corrected chi connectivity index (χ3v) is 3.68. The zero-order valence-corrected chi connectivity index (χ0v) is 11.9. The van der Waals surface area contributed by atoms with Crippen LogP contribution in [0.25, 0.3) is 21.5 Å². The maximum Gasteiger partial charge on any atom is 0.296 e. The van der Waals surface area contributed by atoms with Crippen LogP contribution in [0.3, 0.4) is 0 Å². The lowest BCUT2D eigenvalue weighted by Gasteiger charge is -1.96. The summed E-state index contributed by atoms with van der Waals surface area (Å²) in [5.41, 5.74) is -3.10. The van der Waals surface area contributed by atoms with Crippen LogP contribution >= 0.6 is 0 Å². The smallest absolute Gasteiger partial charge is 0.296 e. The van der Waals surface area contributed by atoms with Crippen LogP contribution in [-0.4, -0.2) is 25.9 Å². The summed E-state index contributed by atoms with van der Waals surface area (Å²) in [4.78, 5) is 62.9. The lowest BCUT2D eigenvalue weighted by molar-refractivity contribution is -0.767. The van der Waals surface area contributed by atoms with Gasteiger partial charge in [-0.1, -0.05) is 0 Å². The zero-order valence-electron chi connectivity index (χ0n) is 11.9. The van der Waals surface area contributed by atoms with E-state index in [0.29, 0.717) is 4.57 Å². The van der Waals surface area contributed by atoms with Crippen LogP contribution in [0.1, 0.15) is 0 Å². The Morgan fingerprint density at radius 2 is 1.33 bits per heavy atom. The monoisotopic (exact) mass is 335 g/mol. The summed E-state index contributed by atoms with van der Waals surface area (Å²) in [5, 5.41) is 17.5. The van der Waals surface area contributed by atoms with Crippen molar-refractivity contribution in [3.05, 3.63) is 63.7 Å². The highest BCUT2D eigenvalue weighted by molar-refractivity contribution is 5.97. The molecule has 11 heteroatoms. The molecule has 0 aliphatic heterocycles. The van der Waals surface area contributed by atoms with Gasteiger partial charge in [0, 0.05) is 0 Å². The molecule has 0 saturated heterocycles. The molecule has 0 unspecified atom stereocenters. The lowest BCUT2D eigenvalue weighted by atomic mass is 10.1. The number of aromatic nitrogens is 2. The minimum atomic E-state index is -1.15. The Hall–Kier alpha value is -3.34. The molecule has 0 spiro atoms. The van der Waals surface area contributed by atoms with E-state index in [1.807, 2.05) is 0 Å². The molecule has 2 heterocycles. The van der Waals surface area contributed by atoms with Crippen molar-refractivity contribution in [2.75, 3.05) is 6.61 Å². The Bertz CT molecular complexity index is 1100. The van der Waals surface area contributed by atoms with Crippen molar-refractivity contribution in [3.8, 4) is 0 Å². The van der Waals surface area contributed by atoms with Gasteiger partial charge in [0.2, 0.25) is 0 Å². The fourth-order valence-corrected chi connectivity index (χ4v) is 2.60. The highest BCUT2D eigenvalue weighted by Crippen LogP contribution is 2.14. The van der Waals surface area contributed by atoms with Crippen LogP contribution < -0.4 is 22.2 Å². The second kappa shape index (κ2) is 5.38. The summed E-state index contributed by atoms with van der Waals surface area (Å²) in [7, 11) is 0. The van der Waals surface area contributed by atoms with Gasteiger partial charge in [0.05, 0.1) is 34.7 Å². The molecule has 2 aromatic heterocycles. The van der Waals surface area contributed by atoms with E-state index < -0.39 is 40.7 Å². The highest BCUT2D eigenvalue weighted by Gasteiger charge is 2.19. The second-order valence-electron chi connectivity index (χ2n) is 4.95. The van der Waals surface area contributed by atoms with Crippen LogP contribution in [0.4, 0.5) is 0 Å². The van der Waals surface area contributed by atoms with Gasteiger partial charge in [-0.2, -0.15) is 0 Å². The number of benzene rings is 1. The van der Waals surface area contributed by atoms with Gasteiger partial charge in [-0.05, 0) is 12.1 Å². The molecule has 1 aromatic carbocycles. The minimum absolute atomic E-state index is 0.0644. The first-order chi connectivity index (χ1) is 11.4. The van der Waals surface area contributed by atoms with E-state index in [1.165, 1.54) is 0 Å². The normalized spacial score (nSPS) is 11.4. The first-order valence-electron chi connectivity index (χ1n) is 6.65. The van der Waals surface area contributed by atoms with Crippen molar-refractivity contribution < 1.29 is 15.0 Å². The average molecular weight is 335 g/mol. The molecule has 1 N–H and O–H groups in total. The van der Waals surface area contributed by atoms with Gasteiger partial charge in [-0.15, -0.1) is 10.1 Å². The van der Waals surface area contributed by atoms with E-state index in [0.717, 1.165) is 16.7 Å². The van der Waals surface area contributed by atoms with E-state index in [1.54, 1.807) is 0 Å². The van der Waals surface area contributed by atoms with E-state index in [2.05, 4.69) is 4.84 Å². The van der Waals surface area contributed by atoms with Crippen molar-refractivity contribution >= 4 is 21.5 Å². The van der Waals surface area contributed by atoms with Crippen LogP contribution in [0.5, 0.6) is 0 Å². The largest absolute Gasteiger partial charge is 0.395 e. The third-order valence-electron chi connectivity index (χ3n) is 3.68. The van der Waals surface area contributed by atoms with Crippen LogP contribution in [0.15, 0.2) is 31.3 Å². The predicted molar refractivity (Wildman–Crippen MR) is 80.1 cm³/mol. The number of nitrogens with zero attached hydrogens (tertiary/aromatic N) is 3. The predicted octanol–water partition coefficient (Wildman–Crippen LogP) is -1.93. The molecule has 0 aliphatic carbocycles. The van der Waals surface area contributed by atoms with E-state index >= 15 is 0 Å². The quantitative estimate of drug-likeness (QED) is 0.418. The Balaban J connectivity index is 2.33. The molecule has 0 aliphatic rings. The average Bonchev–Trinajstić information content (AvgIpc) is 2.91. The first-order valence-corrected chi connectivity index (χ1v) is 6.65. The standard InChI is InChI=1S/C13H9N3O8/c17-2-1-14-10(18)6-3-8-9(4-7(6)11(14)19)13(21)15(12(8)20)5-24-16(22)23/h3-4,17H,1-2,5H2. The fourth-order valence-electron chi connectivity index (χ4n) is 2.60. The molecule has 124 valence electrons. The van der Waals surface area contributed by atoms with Gasteiger partial charge in [-0.3, -0.25) is 28.6 Å². The number of aliphatic hydroxyl groups excluding tert-OH is 1. The van der Waals surface area contributed by atoms with Gasteiger partial charge < -0.3 is 5.11 Å². The van der Waals surface area contributed by atoms with E-state index in [-0.39, 0.29) is 28.1 Å². The first kappa shape index (κ1) is 15.6. The van der Waals surface area contributed by atoms with Gasteiger partial charge >= 0.3 is 0 Å². The van der Waals surface area contributed by atoms with Crippen molar-refractivity contribution in [3.63, 3.8) is 0 Å². The summed E-state index contributed by atoms with van der Waals surface area (Å²) in [5.74, 6) is 0. The molecule has 0 amide bonds. The van der Waals surface area contributed by atoms with Crippen LogP contribution in [0, 0.1) is 10.1 Å². The van der Waals surface area contributed by atoms with Crippen molar-refractivity contribution in [1.82, 2.24) is 9.13 Å². The zero-order chi connectivity index (χ0) is 17.6. The van der Waals surface area contributed by atoms with E-state index in [4.69, 9.17) is 5.11 Å². The molecule has 3 aromatic rings. The van der Waals surface area contributed by atoms with E-state index in [9.17, 15) is 29.3 Å². The van der Waals surface area contributed by atoms with Gasteiger partial charge in [-0.25, -0.2) is 4.57 Å². The van der Waals surface area contributed by atoms with Crippen molar-refractivity contribution in [2.45, 2.75) is 13.3 Å². The Kier molecular flexibility index (Phi) is 3.49. The van der Waals surface area contributed by atoms with Crippen LogP contribution in [0.2, 0.25) is 0 Å². The Morgan fingerprint density at radius 3 is 1.71 bits per heavy atom. The number of hydrogen-bond donors (Lipinski definition) is 1. The second-order valence-corrected chi connectivity index (χ2v) is 4.95. The highest BCUT2D eigenvalue weighted by atomic mass is 17.0. The molecule has 0 radical (unpaired) electrons. The maximum atomic E-state index is 12.2. The Morgan fingerprint density at radius 1 is 0.917 bits per heavy atom. The van der Waals surface area contributed by atoms with Crippen LogP contribution in [-0.2, 0) is 18.1 Å². The number of rotatable bonds is 5. The molecule has 0 bridgehead atoms. The molecule has 3 rings (SSSR count). The summed E-state index contributed by atoms with van der Waals surface area (Å²) in [6, 6.07) is 2.21. The number of hydrogen-bond acceptors (Lipinski definition) is 8. The molecular formula is C13H9N3O8. The Labute approximate surface area is 130 Å². The maximum absolute atomic E-state index is 12.2. The fraction of sp³-hybridized carbons (Fsp3) is 0.231. The van der Waals surface area contributed by atoms with Gasteiger partial charge in [0.1, 0.15) is 0 Å². The minimum Gasteiger partial charge on any atom is -0.395 e. The molecule has 0 atom stereocenters. The third kappa shape index (κ3) is 2.10. The van der Waals surface area contributed by atoms with Crippen molar-refractivity contribution in [2.24, 2.45) is 0 Å².